The molecule has 2 aromatic rings. The van der Waals surface area contributed by atoms with Crippen molar-refractivity contribution in [2.75, 3.05) is 34.4 Å². The van der Waals surface area contributed by atoms with E-state index >= 15 is 0 Å². The Hall–Kier alpha value is -4.08. The quantitative estimate of drug-likeness (QED) is 0.137. The highest BCUT2D eigenvalue weighted by atomic mass is 32.2. The minimum absolute atomic E-state index is 0.0167. The molecule has 4 rings (SSSR count). The van der Waals surface area contributed by atoms with Crippen molar-refractivity contribution in [3.8, 4) is 0 Å². The summed E-state index contributed by atoms with van der Waals surface area (Å²) in [7, 11) is 0. The van der Waals surface area contributed by atoms with Gasteiger partial charge in [0.15, 0.2) is 0 Å². The minimum atomic E-state index is -4.77. The van der Waals surface area contributed by atoms with Crippen molar-refractivity contribution in [1.29, 1.82) is 0 Å². The van der Waals surface area contributed by atoms with E-state index in [2.05, 4.69) is 0 Å². The third-order valence-corrected chi connectivity index (χ3v) is 8.90. The van der Waals surface area contributed by atoms with E-state index in [-0.39, 0.29) is 43.7 Å². The molecule has 0 aromatic heterocycles. The molecule has 0 atom stereocenters. The zero-order chi connectivity index (χ0) is 37.9. The number of hydrogen-bond donors (Lipinski definition) is 1. The summed E-state index contributed by atoms with van der Waals surface area (Å²) in [6.07, 6.45) is -13.7. The van der Waals surface area contributed by atoms with E-state index in [1.807, 2.05) is 0 Å². The monoisotopic (exact) mass is 768 g/mol. The van der Waals surface area contributed by atoms with Crippen molar-refractivity contribution in [1.82, 2.24) is 10.2 Å². The third-order valence-electron chi connectivity index (χ3n) is 6.45. The predicted molar refractivity (Wildman–Crippen MR) is 157 cm³/mol. The Kier molecular flexibility index (Phi) is 12.5. The highest BCUT2D eigenvalue weighted by molar-refractivity contribution is 7.99. The molecule has 0 spiro atoms. The van der Waals surface area contributed by atoms with Gasteiger partial charge in [0.1, 0.15) is 24.7 Å². The first kappa shape index (κ1) is 40.4. The molecule has 7 amide bonds. The van der Waals surface area contributed by atoms with E-state index in [1.165, 1.54) is 19.2 Å². The van der Waals surface area contributed by atoms with Gasteiger partial charge >= 0.3 is 30.6 Å². The topological polar surface area (TPSA) is 107 Å². The standard InChI is InChI=1S/C15H12F7N3O3S.C13H11F4NO2S/c1-7-2-8(16)9(3-10(7)29-6-15(20,21)22)25-11(26)4-24(13(25)28)12(27)23-5-14(17,18)19;1-7-4-8(14)9(18-11(19)2-3-12(18)20)5-10(7)21-6-13(15,16)17/h2-3H,4-6H2,1H3,(H,23,27);4-5H,2-3,6H2,1H3. The van der Waals surface area contributed by atoms with Gasteiger partial charge in [0.05, 0.1) is 22.9 Å². The molecule has 22 heteroatoms. The lowest BCUT2D eigenvalue weighted by Gasteiger charge is -2.19. The predicted octanol–water partition coefficient (Wildman–Crippen LogP) is 7.27. The van der Waals surface area contributed by atoms with Crippen LogP contribution in [-0.2, 0) is 14.4 Å². The maximum absolute atomic E-state index is 14.3. The number of rotatable bonds is 7. The summed E-state index contributed by atoms with van der Waals surface area (Å²) >= 11 is 0.794. The minimum Gasteiger partial charge on any atom is -0.328 e. The van der Waals surface area contributed by atoms with Gasteiger partial charge in [-0.3, -0.25) is 14.4 Å². The molecule has 0 bridgehead atoms. The summed E-state index contributed by atoms with van der Waals surface area (Å²) < 4.78 is 139. The van der Waals surface area contributed by atoms with Crippen LogP contribution in [-0.4, -0.2) is 77.8 Å². The molecule has 2 aromatic carbocycles. The lowest BCUT2D eigenvalue weighted by Crippen LogP contribution is -2.45. The van der Waals surface area contributed by atoms with Gasteiger partial charge in [0.2, 0.25) is 11.8 Å². The van der Waals surface area contributed by atoms with Gasteiger partial charge in [-0.1, -0.05) is 0 Å². The van der Waals surface area contributed by atoms with Crippen molar-refractivity contribution in [3.05, 3.63) is 47.0 Å². The zero-order valence-electron chi connectivity index (χ0n) is 25.4. The fourth-order valence-electron chi connectivity index (χ4n) is 4.27. The molecule has 0 aliphatic carbocycles. The Balaban J connectivity index is 0.000000284. The van der Waals surface area contributed by atoms with Crippen molar-refractivity contribution < 1.29 is 72.3 Å². The summed E-state index contributed by atoms with van der Waals surface area (Å²) in [5.74, 6) is -6.59. The lowest BCUT2D eigenvalue weighted by molar-refractivity contribution is -0.123. The Morgan fingerprint density at radius 1 is 0.680 bits per heavy atom. The first-order chi connectivity index (χ1) is 22.9. The van der Waals surface area contributed by atoms with E-state index in [9.17, 15) is 72.3 Å². The normalized spacial score (nSPS) is 15.6. The van der Waals surface area contributed by atoms with Crippen LogP contribution < -0.4 is 15.1 Å². The number of thioether (sulfide) groups is 2. The molecule has 0 radical (unpaired) electrons. The average molecular weight is 769 g/mol. The number of imide groups is 3. The molecule has 50 heavy (non-hydrogen) atoms. The number of anilines is 2. The molecule has 2 heterocycles. The van der Waals surface area contributed by atoms with Crippen LogP contribution in [0.5, 0.6) is 0 Å². The van der Waals surface area contributed by atoms with Gasteiger partial charge in [-0.25, -0.2) is 33.1 Å². The number of benzene rings is 2. The van der Waals surface area contributed by atoms with E-state index < -0.39 is 90.2 Å². The Morgan fingerprint density at radius 2 is 1.10 bits per heavy atom. The maximum Gasteiger partial charge on any atom is 0.405 e. The van der Waals surface area contributed by atoms with Crippen LogP contribution in [0.1, 0.15) is 24.0 Å². The molecule has 2 saturated heterocycles. The second-order valence-electron chi connectivity index (χ2n) is 10.4. The van der Waals surface area contributed by atoms with Gasteiger partial charge < -0.3 is 5.32 Å². The Bertz CT molecular complexity index is 1670. The van der Waals surface area contributed by atoms with Crippen LogP contribution in [0.3, 0.4) is 0 Å². The fraction of sp³-hybridized carbons (Fsp3) is 0.393. The van der Waals surface area contributed by atoms with Crippen molar-refractivity contribution >= 4 is 64.7 Å². The lowest BCUT2D eigenvalue weighted by atomic mass is 10.2. The van der Waals surface area contributed by atoms with E-state index in [4.69, 9.17) is 0 Å². The molecule has 0 saturated carbocycles. The summed E-state index contributed by atoms with van der Waals surface area (Å²) in [6, 6.07) is 0.857. The largest absolute Gasteiger partial charge is 0.405 e. The molecule has 2 aliphatic heterocycles. The van der Waals surface area contributed by atoms with Gasteiger partial charge in [0, 0.05) is 22.6 Å². The number of nitrogens with zero attached hydrogens (tertiary/aromatic N) is 3. The molecule has 0 unspecified atom stereocenters. The highest BCUT2D eigenvalue weighted by Crippen LogP contribution is 2.36. The molecule has 1 N–H and O–H groups in total. The van der Waals surface area contributed by atoms with Crippen LogP contribution in [0.15, 0.2) is 34.1 Å². The van der Waals surface area contributed by atoms with Crippen molar-refractivity contribution in [3.63, 3.8) is 0 Å². The van der Waals surface area contributed by atoms with E-state index in [0.717, 1.165) is 24.3 Å². The number of urea groups is 2. The Labute approximate surface area is 283 Å². The third kappa shape index (κ3) is 10.7. The summed E-state index contributed by atoms with van der Waals surface area (Å²) in [6.45, 7) is 0.0665. The Morgan fingerprint density at radius 3 is 1.50 bits per heavy atom. The number of amides is 7. The number of carbonyl (C=O) groups is 5. The summed E-state index contributed by atoms with van der Waals surface area (Å²) in [5, 5.41) is 1.40. The van der Waals surface area contributed by atoms with Gasteiger partial charge in [-0.05, 0) is 49.2 Å². The van der Waals surface area contributed by atoms with Crippen LogP contribution in [0.4, 0.5) is 69.3 Å². The smallest absolute Gasteiger partial charge is 0.328 e. The van der Waals surface area contributed by atoms with Gasteiger partial charge in [0.25, 0.3) is 5.91 Å². The van der Waals surface area contributed by atoms with Crippen LogP contribution in [0.25, 0.3) is 0 Å². The second-order valence-corrected chi connectivity index (χ2v) is 12.5. The van der Waals surface area contributed by atoms with Crippen molar-refractivity contribution in [2.45, 2.75) is 55.0 Å². The molecular formula is C28H23F11N4O5S2. The zero-order valence-corrected chi connectivity index (χ0v) is 27.0. The number of nitrogens with one attached hydrogen (secondary N) is 1. The second kappa shape index (κ2) is 15.4. The van der Waals surface area contributed by atoms with E-state index in [0.29, 0.717) is 34.0 Å². The highest BCUT2D eigenvalue weighted by Gasteiger charge is 2.43. The SMILES string of the molecule is Cc1cc(F)c(N2C(=O)CCC2=O)cc1SCC(F)(F)F.Cc1cc(F)c(N2C(=O)CN(C(=O)NCC(F)(F)F)C2=O)cc1SCC(F)(F)F. The molecule has 2 aliphatic rings. The first-order valence-electron chi connectivity index (χ1n) is 13.7. The summed E-state index contributed by atoms with van der Waals surface area (Å²) in [4.78, 5) is 60.4. The van der Waals surface area contributed by atoms with Gasteiger partial charge in [-0.15, -0.1) is 23.5 Å². The molecular weight excluding hydrogens is 745 g/mol. The average Bonchev–Trinajstić information content (AvgIpc) is 3.46. The number of alkyl halides is 9. The van der Waals surface area contributed by atoms with Crippen LogP contribution in [0, 0.1) is 25.5 Å². The van der Waals surface area contributed by atoms with Crippen molar-refractivity contribution in [2.24, 2.45) is 0 Å². The van der Waals surface area contributed by atoms with Crippen LogP contribution >= 0.6 is 23.5 Å². The van der Waals surface area contributed by atoms with Crippen LogP contribution in [0.2, 0.25) is 0 Å². The number of carbonyl (C=O) groups excluding carboxylic acids is 5. The fourth-order valence-corrected chi connectivity index (χ4v) is 5.87. The molecule has 9 nitrogen and oxygen atoms in total. The summed E-state index contributed by atoms with van der Waals surface area (Å²) in [5.41, 5.74) is -0.553. The van der Waals surface area contributed by atoms with Gasteiger partial charge in [-0.2, -0.15) is 39.5 Å². The maximum atomic E-state index is 14.3. The molecule has 274 valence electrons. The number of aryl methyl sites for hydroxylation is 2. The molecule has 2 fully saturated rings. The first-order valence-corrected chi connectivity index (χ1v) is 15.7. The van der Waals surface area contributed by atoms with E-state index in [1.54, 1.807) is 0 Å². The number of halogens is 11. The number of hydrogen-bond acceptors (Lipinski definition) is 7.